The normalized spacial score (nSPS) is 19.6. The Labute approximate surface area is 114 Å². The highest BCUT2D eigenvalue weighted by atomic mass is 16.2. The Kier molecular flexibility index (Phi) is 3.40. The van der Waals surface area contributed by atoms with Gasteiger partial charge in [-0.3, -0.25) is 4.79 Å². The number of anilines is 1. The van der Waals surface area contributed by atoms with Gasteiger partial charge in [-0.25, -0.2) is 4.98 Å². The van der Waals surface area contributed by atoms with E-state index in [-0.39, 0.29) is 5.91 Å². The molecule has 2 aliphatic rings. The summed E-state index contributed by atoms with van der Waals surface area (Å²) in [6.07, 6.45) is 3.47. The Morgan fingerprint density at radius 3 is 2.74 bits per heavy atom. The van der Waals surface area contributed by atoms with Gasteiger partial charge in [-0.2, -0.15) is 0 Å². The van der Waals surface area contributed by atoms with Crippen molar-refractivity contribution in [3.8, 4) is 0 Å². The van der Waals surface area contributed by atoms with Gasteiger partial charge in [0.05, 0.1) is 0 Å². The minimum absolute atomic E-state index is 0.0897. The Hall–Kier alpha value is -1.58. The van der Waals surface area contributed by atoms with E-state index >= 15 is 0 Å². The van der Waals surface area contributed by atoms with Gasteiger partial charge in [0, 0.05) is 26.2 Å². The highest BCUT2D eigenvalue weighted by Crippen LogP contribution is 2.25. The van der Waals surface area contributed by atoms with Crippen molar-refractivity contribution in [3.63, 3.8) is 0 Å². The van der Waals surface area contributed by atoms with Crippen molar-refractivity contribution >= 4 is 11.7 Å². The second-order valence-corrected chi connectivity index (χ2v) is 5.56. The highest BCUT2D eigenvalue weighted by Gasteiger charge is 2.27. The molecule has 4 heteroatoms. The molecule has 1 amide bonds. The number of pyridine rings is 1. The van der Waals surface area contributed by atoms with Crippen LogP contribution in [0.3, 0.4) is 0 Å². The topological polar surface area (TPSA) is 36.4 Å². The molecule has 2 aliphatic heterocycles. The van der Waals surface area contributed by atoms with Crippen molar-refractivity contribution < 1.29 is 4.79 Å². The summed E-state index contributed by atoms with van der Waals surface area (Å²) in [5.74, 6) is 1.83. The molecule has 0 atom stereocenters. The van der Waals surface area contributed by atoms with Crippen LogP contribution in [0.4, 0.5) is 5.82 Å². The van der Waals surface area contributed by atoms with Gasteiger partial charge in [0.25, 0.3) is 5.91 Å². The molecule has 2 fully saturated rings. The van der Waals surface area contributed by atoms with Gasteiger partial charge in [0.15, 0.2) is 0 Å². The number of amides is 1. The van der Waals surface area contributed by atoms with Gasteiger partial charge in [-0.1, -0.05) is 13.0 Å². The van der Waals surface area contributed by atoms with E-state index in [9.17, 15) is 4.79 Å². The lowest BCUT2D eigenvalue weighted by Crippen LogP contribution is -2.47. The zero-order valence-corrected chi connectivity index (χ0v) is 11.5. The SMILES string of the molecule is CCC1CN(c2cccc(C(=O)N3CCCC3)n2)C1. The van der Waals surface area contributed by atoms with E-state index < -0.39 is 0 Å². The van der Waals surface area contributed by atoms with Crippen molar-refractivity contribution in [1.29, 1.82) is 0 Å². The summed E-state index contributed by atoms with van der Waals surface area (Å²) in [4.78, 5) is 21.0. The van der Waals surface area contributed by atoms with Crippen LogP contribution >= 0.6 is 0 Å². The lowest BCUT2D eigenvalue weighted by Gasteiger charge is -2.39. The molecule has 0 unspecified atom stereocenters. The van der Waals surface area contributed by atoms with Crippen molar-refractivity contribution in [2.24, 2.45) is 5.92 Å². The Bertz CT molecular complexity index is 462. The van der Waals surface area contributed by atoms with E-state index in [0.29, 0.717) is 5.69 Å². The van der Waals surface area contributed by atoms with Gasteiger partial charge < -0.3 is 9.80 Å². The third-order valence-electron chi connectivity index (χ3n) is 4.21. The number of nitrogens with zero attached hydrogens (tertiary/aromatic N) is 3. The number of carbonyl (C=O) groups is 1. The minimum Gasteiger partial charge on any atom is -0.356 e. The van der Waals surface area contributed by atoms with Crippen LogP contribution in [0.25, 0.3) is 0 Å². The molecular formula is C15H21N3O. The second kappa shape index (κ2) is 5.19. The van der Waals surface area contributed by atoms with Crippen LogP contribution in [0.15, 0.2) is 18.2 Å². The maximum absolute atomic E-state index is 12.3. The quantitative estimate of drug-likeness (QED) is 0.834. The largest absolute Gasteiger partial charge is 0.356 e. The standard InChI is InChI=1S/C15H21N3O/c1-2-12-10-18(11-12)14-7-5-6-13(16-14)15(19)17-8-3-4-9-17/h5-7,12H,2-4,8-11H2,1H3. The fraction of sp³-hybridized carbons (Fsp3) is 0.600. The summed E-state index contributed by atoms with van der Waals surface area (Å²) in [6.45, 7) is 6.14. The molecule has 3 heterocycles. The van der Waals surface area contributed by atoms with E-state index in [1.807, 2.05) is 23.1 Å². The predicted octanol–water partition coefficient (Wildman–Crippen LogP) is 2.16. The summed E-state index contributed by atoms with van der Waals surface area (Å²) in [7, 11) is 0. The summed E-state index contributed by atoms with van der Waals surface area (Å²) < 4.78 is 0. The summed E-state index contributed by atoms with van der Waals surface area (Å²) in [6, 6.07) is 5.79. The first-order chi connectivity index (χ1) is 9.28. The van der Waals surface area contributed by atoms with Crippen molar-refractivity contribution in [1.82, 2.24) is 9.88 Å². The summed E-state index contributed by atoms with van der Waals surface area (Å²) >= 11 is 0. The molecule has 0 saturated carbocycles. The van der Waals surface area contributed by atoms with Crippen molar-refractivity contribution in [2.75, 3.05) is 31.1 Å². The van der Waals surface area contributed by atoms with Crippen LogP contribution < -0.4 is 4.90 Å². The molecule has 102 valence electrons. The zero-order valence-electron chi connectivity index (χ0n) is 11.5. The average Bonchev–Trinajstić information content (AvgIpc) is 2.91. The van der Waals surface area contributed by atoms with E-state index in [4.69, 9.17) is 0 Å². The van der Waals surface area contributed by atoms with Crippen LogP contribution in [0.1, 0.15) is 36.7 Å². The molecule has 0 aromatic carbocycles. The van der Waals surface area contributed by atoms with Crippen molar-refractivity contribution in [2.45, 2.75) is 26.2 Å². The first kappa shape index (κ1) is 12.5. The number of rotatable bonds is 3. The maximum Gasteiger partial charge on any atom is 0.272 e. The minimum atomic E-state index is 0.0897. The zero-order chi connectivity index (χ0) is 13.2. The molecule has 4 nitrogen and oxygen atoms in total. The second-order valence-electron chi connectivity index (χ2n) is 5.56. The fourth-order valence-corrected chi connectivity index (χ4v) is 2.82. The first-order valence-corrected chi connectivity index (χ1v) is 7.29. The Morgan fingerprint density at radius 2 is 2.05 bits per heavy atom. The van der Waals surface area contributed by atoms with Gasteiger partial charge in [0.1, 0.15) is 11.5 Å². The Morgan fingerprint density at radius 1 is 1.32 bits per heavy atom. The van der Waals surface area contributed by atoms with Gasteiger partial charge in [0.2, 0.25) is 0 Å². The van der Waals surface area contributed by atoms with E-state index in [1.165, 1.54) is 6.42 Å². The fourth-order valence-electron chi connectivity index (χ4n) is 2.82. The third kappa shape index (κ3) is 2.44. The monoisotopic (exact) mass is 259 g/mol. The van der Waals surface area contributed by atoms with Crippen LogP contribution in [0.2, 0.25) is 0 Å². The smallest absolute Gasteiger partial charge is 0.272 e. The maximum atomic E-state index is 12.3. The van der Waals surface area contributed by atoms with Crippen LogP contribution in [0, 0.1) is 5.92 Å². The van der Waals surface area contributed by atoms with Gasteiger partial charge in [-0.15, -0.1) is 0 Å². The number of aromatic nitrogens is 1. The van der Waals surface area contributed by atoms with Crippen LogP contribution in [-0.2, 0) is 0 Å². The molecule has 3 rings (SSSR count). The molecule has 0 bridgehead atoms. The lowest BCUT2D eigenvalue weighted by atomic mass is 9.97. The van der Waals surface area contributed by atoms with Gasteiger partial charge in [-0.05, 0) is 37.3 Å². The highest BCUT2D eigenvalue weighted by molar-refractivity contribution is 5.92. The van der Waals surface area contributed by atoms with E-state index in [0.717, 1.165) is 50.8 Å². The molecule has 0 N–H and O–H groups in total. The van der Waals surface area contributed by atoms with Crippen molar-refractivity contribution in [3.05, 3.63) is 23.9 Å². The number of hydrogen-bond acceptors (Lipinski definition) is 3. The van der Waals surface area contributed by atoms with Crippen LogP contribution in [-0.4, -0.2) is 42.0 Å². The predicted molar refractivity (Wildman–Crippen MR) is 75.4 cm³/mol. The molecule has 1 aromatic rings. The molecule has 2 saturated heterocycles. The molecule has 0 radical (unpaired) electrons. The first-order valence-electron chi connectivity index (χ1n) is 7.29. The van der Waals surface area contributed by atoms with E-state index in [2.05, 4.69) is 16.8 Å². The third-order valence-corrected chi connectivity index (χ3v) is 4.21. The summed E-state index contributed by atoms with van der Waals surface area (Å²) in [5.41, 5.74) is 0.597. The molecule has 0 aliphatic carbocycles. The number of likely N-dealkylation sites (tertiary alicyclic amines) is 1. The number of carbonyl (C=O) groups excluding carboxylic acids is 1. The number of hydrogen-bond donors (Lipinski definition) is 0. The lowest BCUT2D eigenvalue weighted by molar-refractivity contribution is 0.0787. The molecule has 1 aromatic heterocycles. The average molecular weight is 259 g/mol. The summed E-state index contributed by atoms with van der Waals surface area (Å²) in [5, 5.41) is 0. The molecule has 19 heavy (non-hydrogen) atoms. The molecular weight excluding hydrogens is 238 g/mol. The Balaban J connectivity index is 1.71. The van der Waals surface area contributed by atoms with Crippen LogP contribution in [0.5, 0.6) is 0 Å². The van der Waals surface area contributed by atoms with E-state index in [1.54, 1.807) is 0 Å². The molecule has 0 spiro atoms. The van der Waals surface area contributed by atoms with Gasteiger partial charge >= 0.3 is 0 Å².